The van der Waals surface area contributed by atoms with E-state index < -0.39 is 33.7 Å². The van der Waals surface area contributed by atoms with Crippen LogP contribution in [-0.4, -0.2) is 49.7 Å². The van der Waals surface area contributed by atoms with Gasteiger partial charge in [-0.25, -0.2) is 14.3 Å². The molecule has 1 aliphatic heterocycles. The first-order chi connectivity index (χ1) is 14.6. The minimum absolute atomic E-state index is 0.143. The predicted octanol–water partition coefficient (Wildman–Crippen LogP) is 2.16. The van der Waals surface area contributed by atoms with Gasteiger partial charge >= 0.3 is 5.76 Å². The van der Waals surface area contributed by atoms with E-state index in [0.29, 0.717) is 49.6 Å². The maximum atomic E-state index is 14.7. The number of hydrogen-bond acceptors (Lipinski definition) is 6. The van der Waals surface area contributed by atoms with E-state index in [1.54, 1.807) is 27.0 Å². The first-order valence-corrected chi connectivity index (χ1v) is 11.7. The molecule has 1 aromatic carbocycles. The SMILES string of the molecule is COCC1CCN(S(=O)(=O)N[C@H](c2n[nH]c(=O)o2)[C@@H](C)c2c(F)ccc(C)c2C)CC1. The van der Waals surface area contributed by atoms with Gasteiger partial charge in [0.2, 0.25) is 5.89 Å². The Labute approximate surface area is 181 Å². The fourth-order valence-electron chi connectivity index (χ4n) is 4.06. The zero-order valence-electron chi connectivity index (χ0n) is 18.1. The highest BCUT2D eigenvalue weighted by Crippen LogP contribution is 2.35. The number of benzene rings is 1. The van der Waals surface area contributed by atoms with Crippen molar-refractivity contribution in [2.75, 3.05) is 26.8 Å². The second-order valence-corrected chi connectivity index (χ2v) is 9.74. The van der Waals surface area contributed by atoms with Crippen LogP contribution >= 0.6 is 0 Å². The molecule has 0 radical (unpaired) electrons. The summed E-state index contributed by atoms with van der Waals surface area (Å²) in [6, 6.07) is 1.94. The Morgan fingerprint density at radius 1 is 1.35 bits per heavy atom. The van der Waals surface area contributed by atoms with E-state index in [9.17, 15) is 17.6 Å². The molecule has 0 amide bonds. The number of aromatic nitrogens is 2. The molecule has 1 saturated heterocycles. The van der Waals surface area contributed by atoms with E-state index in [2.05, 4.69) is 14.9 Å². The third-order valence-electron chi connectivity index (χ3n) is 6.00. The Hall–Kier alpha value is -2.08. The van der Waals surface area contributed by atoms with Crippen molar-refractivity contribution in [3.05, 3.63) is 51.1 Å². The van der Waals surface area contributed by atoms with Crippen LogP contribution in [0, 0.1) is 25.6 Å². The fraction of sp³-hybridized carbons (Fsp3) is 0.600. The summed E-state index contributed by atoms with van der Waals surface area (Å²) >= 11 is 0. The van der Waals surface area contributed by atoms with Crippen LogP contribution < -0.4 is 10.5 Å². The Bertz CT molecular complexity index is 1060. The largest absolute Gasteiger partial charge is 0.434 e. The molecule has 31 heavy (non-hydrogen) atoms. The van der Waals surface area contributed by atoms with Crippen LogP contribution in [0.15, 0.2) is 21.3 Å². The van der Waals surface area contributed by atoms with E-state index >= 15 is 0 Å². The van der Waals surface area contributed by atoms with Crippen LogP contribution in [0.1, 0.15) is 54.3 Å². The van der Waals surface area contributed by atoms with Crippen molar-refractivity contribution in [1.29, 1.82) is 0 Å². The van der Waals surface area contributed by atoms with E-state index in [0.717, 1.165) is 5.56 Å². The molecule has 2 atom stereocenters. The van der Waals surface area contributed by atoms with Crippen molar-refractivity contribution in [3.8, 4) is 0 Å². The molecule has 1 aromatic heterocycles. The topological polar surface area (TPSA) is 118 Å². The van der Waals surface area contributed by atoms with Crippen LogP contribution in [0.5, 0.6) is 0 Å². The Kier molecular flexibility index (Phi) is 7.30. The van der Waals surface area contributed by atoms with Crippen LogP contribution in [0.2, 0.25) is 0 Å². The molecule has 3 rings (SSSR count). The number of methoxy groups -OCH3 is 1. The van der Waals surface area contributed by atoms with Crippen molar-refractivity contribution >= 4 is 10.2 Å². The minimum Gasteiger partial charge on any atom is -0.391 e. The van der Waals surface area contributed by atoms with Gasteiger partial charge in [-0.2, -0.15) is 17.4 Å². The van der Waals surface area contributed by atoms with Crippen molar-refractivity contribution in [2.24, 2.45) is 5.92 Å². The Morgan fingerprint density at radius 3 is 2.61 bits per heavy atom. The quantitative estimate of drug-likeness (QED) is 0.629. The van der Waals surface area contributed by atoms with Gasteiger partial charge in [-0.3, -0.25) is 0 Å². The Morgan fingerprint density at radius 2 is 2.03 bits per heavy atom. The molecular weight excluding hydrogens is 427 g/mol. The maximum absolute atomic E-state index is 14.7. The first-order valence-electron chi connectivity index (χ1n) is 10.2. The van der Waals surface area contributed by atoms with Gasteiger partial charge in [-0.05, 0) is 55.4 Å². The summed E-state index contributed by atoms with van der Waals surface area (Å²) in [6.07, 6.45) is 1.36. The van der Waals surface area contributed by atoms with Crippen molar-refractivity contribution in [1.82, 2.24) is 19.2 Å². The van der Waals surface area contributed by atoms with E-state index in [-0.39, 0.29) is 5.89 Å². The molecule has 0 spiro atoms. The normalized spacial score (nSPS) is 18.2. The zero-order valence-corrected chi connectivity index (χ0v) is 19.0. The molecule has 2 N–H and O–H groups in total. The van der Waals surface area contributed by atoms with Crippen molar-refractivity contribution in [3.63, 3.8) is 0 Å². The third-order valence-corrected chi connectivity index (χ3v) is 7.60. The number of halogens is 1. The second-order valence-electron chi connectivity index (χ2n) is 8.04. The third kappa shape index (κ3) is 5.22. The highest BCUT2D eigenvalue weighted by atomic mass is 32.2. The molecule has 1 fully saturated rings. The number of nitrogens with zero attached hydrogens (tertiary/aromatic N) is 2. The van der Waals surface area contributed by atoms with Gasteiger partial charge < -0.3 is 9.15 Å². The molecule has 2 aromatic rings. The zero-order chi connectivity index (χ0) is 22.8. The molecule has 9 nitrogen and oxygen atoms in total. The maximum Gasteiger partial charge on any atom is 0.434 e. The highest BCUT2D eigenvalue weighted by molar-refractivity contribution is 7.87. The van der Waals surface area contributed by atoms with Crippen LogP contribution in [0.4, 0.5) is 4.39 Å². The van der Waals surface area contributed by atoms with Gasteiger partial charge in [0.1, 0.15) is 11.9 Å². The van der Waals surface area contributed by atoms with Gasteiger partial charge in [0.25, 0.3) is 10.2 Å². The van der Waals surface area contributed by atoms with Crippen LogP contribution in [0.25, 0.3) is 0 Å². The molecular formula is C20H29FN4O5S. The summed E-state index contributed by atoms with van der Waals surface area (Å²) < 4.78 is 55.2. The average Bonchev–Trinajstić information content (AvgIpc) is 3.16. The molecule has 0 bridgehead atoms. The molecule has 11 heteroatoms. The molecule has 0 saturated carbocycles. The first kappa shape index (κ1) is 23.6. The summed E-state index contributed by atoms with van der Waals surface area (Å²) in [4.78, 5) is 11.5. The smallest absolute Gasteiger partial charge is 0.391 e. The molecule has 0 aliphatic carbocycles. The second kappa shape index (κ2) is 9.60. The van der Waals surface area contributed by atoms with Crippen molar-refractivity contribution in [2.45, 2.75) is 45.6 Å². The van der Waals surface area contributed by atoms with Gasteiger partial charge in [-0.15, -0.1) is 5.10 Å². The monoisotopic (exact) mass is 456 g/mol. The number of H-pyrrole nitrogens is 1. The van der Waals surface area contributed by atoms with Crippen LogP contribution in [0.3, 0.4) is 0 Å². The number of ether oxygens (including phenoxy) is 1. The van der Waals surface area contributed by atoms with Gasteiger partial charge in [0.15, 0.2) is 0 Å². The van der Waals surface area contributed by atoms with E-state index in [4.69, 9.17) is 9.15 Å². The summed E-state index contributed by atoms with van der Waals surface area (Å²) in [6.45, 7) is 6.57. The minimum atomic E-state index is -3.94. The van der Waals surface area contributed by atoms with Gasteiger partial charge in [0, 0.05) is 32.7 Å². The van der Waals surface area contributed by atoms with E-state index in [1.165, 1.54) is 10.4 Å². The number of hydrogen-bond donors (Lipinski definition) is 2. The number of nitrogens with one attached hydrogen (secondary N) is 2. The standard InChI is InChI=1S/C20H29FN4O5S/c1-12-5-6-16(21)17(13(12)2)14(3)18(19-22-23-20(26)30-19)24-31(27,28)25-9-7-15(8-10-25)11-29-4/h5-6,14-15,18,24H,7-11H2,1-4H3,(H,23,26)/t14-,18-/m0/s1. The fourth-order valence-corrected chi connectivity index (χ4v) is 5.52. The van der Waals surface area contributed by atoms with Crippen molar-refractivity contribution < 1.29 is 22.0 Å². The number of aromatic amines is 1. The predicted molar refractivity (Wildman–Crippen MR) is 112 cm³/mol. The lowest BCUT2D eigenvalue weighted by Gasteiger charge is -2.33. The van der Waals surface area contributed by atoms with Crippen LogP contribution in [-0.2, 0) is 14.9 Å². The molecule has 172 valence electrons. The summed E-state index contributed by atoms with van der Waals surface area (Å²) in [5.41, 5.74) is 1.92. The number of rotatable bonds is 8. The number of piperidine rings is 1. The molecule has 2 heterocycles. The lowest BCUT2D eigenvalue weighted by atomic mass is 9.88. The highest BCUT2D eigenvalue weighted by Gasteiger charge is 2.36. The average molecular weight is 457 g/mol. The van der Waals surface area contributed by atoms with Gasteiger partial charge in [-0.1, -0.05) is 13.0 Å². The lowest BCUT2D eigenvalue weighted by molar-refractivity contribution is 0.121. The summed E-state index contributed by atoms with van der Waals surface area (Å²) in [5.74, 6) is -1.80. The summed E-state index contributed by atoms with van der Waals surface area (Å²) in [5, 5.41) is 5.97. The summed E-state index contributed by atoms with van der Waals surface area (Å²) in [7, 11) is -2.32. The molecule has 1 aliphatic rings. The molecule has 0 unspecified atom stereocenters. The lowest BCUT2D eigenvalue weighted by Crippen LogP contribution is -2.47. The van der Waals surface area contributed by atoms with Gasteiger partial charge in [0.05, 0.1) is 0 Å². The van der Waals surface area contributed by atoms with E-state index in [1.807, 2.05) is 6.92 Å². The Balaban J connectivity index is 1.91. The number of aryl methyl sites for hydroxylation is 1.